The molecular weight excluding hydrogens is 214 g/mol. The SMILES string of the molecule is CNCC1CCCN(CCC(=O)NC(C)C)C1. The number of nitrogens with zero attached hydrogens (tertiary/aromatic N) is 1. The second-order valence-electron chi connectivity index (χ2n) is 5.34. The Balaban J connectivity index is 2.20. The zero-order chi connectivity index (χ0) is 12.7. The van der Waals surface area contributed by atoms with E-state index in [4.69, 9.17) is 0 Å². The van der Waals surface area contributed by atoms with Crippen LogP contribution in [-0.2, 0) is 4.79 Å². The van der Waals surface area contributed by atoms with Crippen LogP contribution in [0.1, 0.15) is 33.1 Å². The van der Waals surface area contributed by atoms with Crippen molar-refractivity contribution in [2.45, 2.75) is 39.2 Å². The number of likely N-dealkylation sites (tertiary alicyclic amines) is 1. The van der Waals surface area contributed by atoms with Gasteiger partial charge in [0.05, 0.1) is 0 Å². The van der Waals surface area contributed by atoms with Crippen molar-refractivity contribution in [2.24, 2.45) is 5.92 Å². The highest BCUT2D eigenvalue weighted by Crippen LogP contribution is 2.15. The van der Waals surface area contributed by atoms with Gasteiger partial charge in [-0.05, 0) is 52.7 Å². The fourth-order valence-corrected chi connectivity index (χ4v) is 2.46. The summed E-state index contributed by atoms with van der Waals surface area (Å²) >= 11 is 0. The van der Waals surface area contributed by atoms with Crippen molar-refractivity contribution in [3.05, 3.63) is 0 Å². The minimum atomic E-state index is 0.177. The van der Waals surface area contributed by atoms with Gasteiger partial charge in [0.15, 0.2) is 0 Å². The van der Waals surface area contributed by atoms with Crippen molar-refractivity contribution in [1.82, 2.24) is 15.5 Å². The van der Waals surface area contributed by atoms with Crippen molar-refractivity contribution in [2.75, 3.05) is 33.2 Å². The van der Waals surface area contributed by atoms with Gasteiger partial charge in [0.2, 0.25) is 5.91 Å². The van der Waals surface area contributed by atoms with E-state index in [0.717, 1.165) is 32.1 Å². The Hall–Kier alpha value is -0.610. The van der Waals surface area contributed by atoms with E-state index < -0.39 is 0 Å². The molecular formula is C13H27N3O. The van der Waals surface area contributed by atoms with Crippen LogP contribution in [0, 0.1) is 5.92 Å². The standard InChI is InChI=1S/C13H27N3O/c1-11(2)15-13(17)6-8-16-7-4-5-12(10-16)9-14-3/h11-12,14H,4-10H2,1-3H3,(H,15,17). The van der Waals surface area contributed by atoms with E-state index in [1.165, 1.54) is 12.8 Å². The first-order valence-electron chi connectivity index (χ1n) is 6.78. The summed E-state index contributed by atoms with van der Waals surface area (Å²) in [6, 6.07) is 0.251. The van der Waals surface area contributed by atoms with E-state index in [2.05, 4.69) is 15.5 Å². The van der Waals surface area contributed by atoms with Crippen LogP contribution in [0.4, 0.5) is 0 Å². The maximum absolute atomic E-state index is 11.6. The van der Waals surface area contributed by atoms with Crippen molar-refractivity contribution >= 4 is 5.91 Å². The normalized spacial score (nSPS) is 21.8. The predicted molar refractivity (Wildman–Crippen MR) is 71.0 cm³/mol. The average Bonchev–Trinajstić information content (AvgIpc) is 2.26. The van der Waals surface area contributed by atoms with Gasteiger partial charge in [-0.15, -0.1) is 0 Å². The van der Waals surface area contributed by atoms with Crippen molar-refractivity contribution in [1.29, 1.82) is 0 Å². The first-order chi connectivity index (χ1) is 8.11. The van der Waals surface area contributed by atoms with Crippen LogP contribution in [0.25, 0.3) is 0 Å². The largest absolute Gasteiger partial charge is 0.354 e. The minimum Gasteiger partial charge on any atom is -0.354 e. The fourth-order valence-electron chi connectivity index (χ4n) is 2.46. The highest BCUT2D eigenvalue weighted by atomic mass is 16.1. The first kappa shape index (κ1) is 14.5. The Kier molecular flexibility index (Phi) is 6.52. The molecule has 1 aliphatic heterocycles. The van der Waals surface area contributed by atoms with E-state index in [1.807, 2.05) is 20.9 Å². The molecule has 0 aromatic carbocycles. The second-order valence-corrected chi connectivity index (χ2v) is 5.34. The monoisotopic (exact) mass is 241 g/mol. The molecule has 1 unspecified atom stereocenters. The van der Waals surface area contributed by atoms with Crippen LogP contribution in [0.15, 0.2) is 0 Å². The molecule has 0 spiro atoms. The van der Waals surface area contributed by atoms with Crippen molar-refractivity contribution in [3.63, 3.8) is 0 Å². The van der Waals surface area contributed by atoms with Crippen LogP contribution in [0.2, 0.25) is 0 Å². The maximum Gasteiger partial charge on any atom is 0.221 e. The molecule has 0 aliphatic carbocycles. The number of carbonyl (C=O) groups is 1. The summed E-state index contributed by atoms with van der Waals surface area (Å²) in [5.41, 5.74) is 0. The number of hydrogen-bond donors (Lipinski definition) is 2. The molecule has 2 N–H and O–H groups in total. The number of amides is 1. The third-order valence-electron chi connectivity index (χ3n) is 3.20. The van der Waals surface area contributed by atoms with Gasteiger partial charge >= 0.3 is 0 Å². The fraction of sp³-hybridized carbons (Fsp3) is 0.923. The Labute approximate surface area is 105 Å². The van der Waals surface area contributed by atoms with Gasteiger partial charge in [0, 0.05) is 25.6 Å². The third-order valence-corrected chi connectivity index (χ3v) is 3.20. The van der Waals surface area contributed by atoms with Crippen molar-refractivity contribution in [3.8, 4) is 0 Å². The molecule has 1 rings (SSSR count). The number of rotatable bonds is 6. The molecule has 0 bridgehead atoms. The Morgan fingerprint density at radius 2 is 2.24 bits per heavy atom. The van der Waals surface area contributed by atoms with Crippen molar-refractivity contribution < 1.29 is 4.79 Å². The Morgan fingerprint density at radius 1 is 1.47 bits per heavy atom. The van der Waals surface area contributed by atoms with Crippen LogP contribution < -0.4 is 10.6 Å². The highest BCUT2D eigenvalue weighted by molar-refractivity contribution is 5.76. The smallest absolute Gasteiger partial charge is 0.221 e. The molecule has 0 saturated carbocycles. The topological polar surface area (TPSA) is 44.4 Å². The minimum absolute atomic E-state index is 0.177. The molecule has 1 fully saturated rings. The number of hydrogen-bond acceptors (Lipinski definition) is 3. The van der Waals surface area contributed by atoms with Gasteiger partial charge in [-0.1, -0.05) is 0 Å². The van der Waals surface area contributed by atoms with E-state index in [0.29, 0.717) is 6.42 Å². The summed E-state index contributed by atoms with van der Waals surface area (Å²) in [5, 5.41) is 6.18. The third kappa shape index (κ3) is 6.03. The highest BCUT2D eigenvalue weighted by Gasteiger charge is 2.19. The van der Waals surface area contributed by atoms with Gasteiger partial charge in [0.25, 0.3) is 0 Å². The Bertz CT molecular complexity index is 229. The molecule has 0 aromatic rings. The van der Waals surface area contributed by atoms with Gasteiger partial charge < -0.3 is 15.5 Å². The molecule has 17 heavy (non-hydrogen) atoms. The summed E-state index contributed by atoms with van der Waals surface area (Å²) in [5.74, 6) is 0.928. The Morgan fingerprint density at radius 3 is 2.88 bits per heavy atom. The summed E-state index contributed by atoms with van der Waals surface area (Å²) in [4.78, 5) is 14.0. The maximum atomic E-state index is 11.6. The average molecular weight is 241 g/mol. The molecule has 1 heterocycles. The molecule has 0 radical (unpaired) electrons. The zero-order valence-corrected chi connectivity index (χ0v) is 11.5. The molecule has 0 aromatic heterocycles. The molecule has 100 valence electrons. The lowest BCUT2D eigenvalue weighted by molar-refractivity contribution is -0.122. The number of piperidine rings is 1. The predicted octanol–water partition coefficient (Wildman–Crippen LogP) is 0.833. The summed E-state index contributed by atoms with van der Waals surface area (Å²) in [6.07, 6.45) is 3.21. The lowest BCUT2D eigenvalue weighted by Gasteiger charge is -2.32. The van der Waals surface area contributed by atoms with Gasteiger partial charge in [-0.2, -0.15) is 0 Å². The molecule has 4 nitrogen and oxygen atoms in total. The van der Waals surface area contributed by atoms with E-state index in [9.17, 15) is 4.79 Å². The summed E-state index contributed by atoms with van der Waals surface area (Å²) in [7, 11) is 2.01. The first-order valence-corrected chi connectivity index (χ1v) is 6.78. The molecule has 4 heteroatoms. The number of carbonyl (C=O) groups excluding carboxylic acids is 1. The van der Waals surface area contributed by atoms with Gasteiger partial charge in [-0.25, -0.2) is 0 Å². The molecule has 1 aliphatic rings. The zero-order valence-electron chi connectivity index (χ0n) is 11.5. The van der Waals surface area contributed by atoms with Crippen LogP contribution in [0.3, 0.4) is 0 Å². The molecule has 1 saturated heterocycles. The van der Waals surface area contributed by atoms with Gasteiger partial charge in [0.1, 0.15) is 0 Å². The molecule has 1 atom stereocenters. The van der Waals surface area contributed by atoms with Crippen LogP contribution in [-0.4, -0.2) is 50.1 Å². The summed E-state index contributed by atoms with van der Waals surface area (Å²) in [6.45, 7) is 8.28. The lowest BCUT2D eigenvalue weighted by Crippen LogP contribution is -2.41. The second kappa shape index (κ2) is 7.67. The van der Waals surface area contributed by atoms with Crippen LogP contribution in [0.5, 0.6) is 0 Å². The lowest BCUT2D eigenvalue weighted by atomic mass is 9.98. The summed E-state index contributed by atoms with van der Waals surface area (Å²) < 4.78 is 0. The van der Waals surface area contributed by atoms with E-state index in [1.54, 1.807) is 0 Å². The quantitative estimate of drug-likeness (QED) is 0.724. The van der Waals surface area contributed by atoms with E-state index in [-0.39, 0.29) is 11.9 Å². The molecule has 1 amide bonds. The van der Waals surface area contributed by atoms with E-state index >= 15 is 0 Å². The number of nitrogens with one attached hydrogen (secondary N) is 2. The van der Waals surface area contributed by atoms with Crippen LogP contribution >= 0.6 is 0 Å². The van der Waals surface area contributed by atoms with Gasteiger partial charge in [-0.3, -0.25) is 4.79 Å².